The number of rotatable bonds is 10. The molecule has 204 valence electrons. The summed E-state index contributed by atoms with van der Waals surface area (Å²) in [6, 6.07) is 4.35. The summed E-state index contributed by atoms with van der Waals surface area (Å²) in [7, 11) is 0. The van der Waals surface area contributed by atoms with Crippen molar-refractivity contribution in [2.24, 2.45) is 0 Å². The minimum Gasteiger partial charge on any atom is -0.480 e. The number of likely N-dealkylation sites (tertiary alicyclic amines) is 1. The predicted molar refractivity (Wildman–Crippen MR) is 140 cm³/mol. The Hall–Kier alpha value is -2.42. The summed E-state index contributed by atoms with van der Waals surface area (Å²) in [6.45, 7) is 5.49. The number of halogens is 4. The standard InChI is InChI=1S/C25H31F3N4O3S.ClH/c1-24(2)22(35)32(18-11-10-17(16-29)19(15-18)25(26,27)28)23(36)31(24)14-7-5-3-4-6-12-30-13-8-9-20(30)21(33)34;/h10-11,15,20H,3-9,12-14H2,1-2H3,(H,33,34);1H. The fourth-order valence-electron chi connectivity index (χ4n) is 4.93. The molecule has 0 bridgehead atoms. The smallest absolute Gasteiger partial charge is 0.417 e. The third-order valence-corrected chi connectivity index (χ3v) is 7.39. The number of amides is 1. The fourth-order valence-corrected chi connectivity index (χ4v) is 5.44. The Bertz CT molecular complexity index is 1060. The molecule has 1 amide bonds. The maximum absolute atomic E-state index is 13.4. The van der Waals surface area contributed by atoms with Gasteiger partial charge in [-0.3, -0.25) is 19.4 Å². The van der Waals surface area contributed by atoms with E-state index in [0.717, 1.165) is 68.6 Å². The van der Waals surface area contributed by atoms with Gasteiger partial charge in [-0.15, -0.1) is 12.4 Å². The highest BCUT2D eigenvalue weighted by molar-refractivity contribution is 7.80. The second-order valence-corrected chi connectivity index (χ2v) is 10.1. The first-order valence-corrected chi connectivity index (χ1v) is 12.5. The van der Waals surface area contributed by atoms with Crippen LogP contribution in [0.2, 0.25) is 0 Å². The number of thiocarbonyl (C=S) groups is 1. The Morgan fingerprint density at radius 2 is 1.81 bits per heavy atom. The molecule has 1 atom stereocenters. The van der Waals surface area contributed by atoms with Gasteiger partial charge in [0, 0.05) is 6.54 Å². The molecule has 0 saturated carbocycles. The molecule has 1 N–H and O–H groups in total. The van der Waals surface area contributed by atoms with Crippen molar-refractivity contribution in [3.63, 3.8) is 0 Å². The second-order valence-electron chi connectivity index (χ2n) is 9.77. The van der Waals surface area contributed by atoms with Crippen molar-refractivity contribution in [3.8, 4) is 6.07 Å². The molecule has 0 aromatic heterocycles. The molecule has 12 heteroatoms. The summed E-state index contributed by atoms with van der Waals surface area (Å²) in [5.41, 5.74) is -2.63. The van der Waals surface area contributed by atoms with Gasteiger partial charge >= 0.3 is 12.1 Å². The predicted octanol–water partition coefficient (Wildman–Crippen LogP) is 5.21. The van der Waals surface area contributed by atoms with E-state index in [0.29, 0.717) is 13.0 Å². The number of anilines is 1. The summed E-state index contributed by atoms with van der Waals surface area (Å²) >= 11 is 5.51. The number of benzene rings is 1. The summed E-state index contributed by atoms with van der Waals surface area (Å²) < 4.78 is 40.3. The average Bonchev–Trinajstić information content (AvgIpc) is 3.34. The third-order valence-electron chi connectivity index (χ3n) is 6.99. The lowest BCUT2D eigenvalue weighted by Crippen LogP contribution is -2.44. The first-order valence-electron chi connectivity index (χ1n) is 12.1. The van der Waals surface area contributed by atoms with Gasteiger partial charge < -0.3 is 10.0 Å². The number of nitriles is 1. The molecule has 2 saturated heterocycles. The molecule has 7 nitrogen and oxygen atoms in total. The number of alkyl halides is 3. The fraction of sp³-hybridized carbons (Fsp3) is 0.600. The van der Waals surface area contributed by atoms with Crippen molar-refractivity contribution in [3.05, 3.63) is 29.3 Å². The molecule has 0 spiro atoms. The number of unbranched alkanes of at least 4 members (excludes halogenated alkanes) is 4. The Morgan fingerprint density at radius 3 is 2.41 bits per heavy atom. The quantitative estimate of drug-likeness (QED) is 0.310. The Morgan fingerprint density at radius 1 is 1.19 bits per heavy atom. The van der Waals surface area contributed by atoms with Crippen LogP contribution in [0.15, 0.2) is 18.2 Å². The number of carbonyl (C=O) groups excluding carboxylic acids is 1. The van der Waals surface area contributed by atoms with Crippen LogP contribution in [-0.2, 0) is 15.8 Å². The highest BCUT2D eigenvalue weighted by Crippen LogP contribution is 2.38. The number of hydrogen-bond donors (Lipinski definition) is 1. The molecular formula is C25H32ClF3N4O3S. The van der Waals surface area contributed by atoms with E-state index in [4.69, 9.17) is 17.5 Å². The first kappa shape index (κ1) is 30.8. The van der Waals surface area contributed by atoms with Crippen LogP contribution in [0.25, 0.3) is 0 Å². The molecule has 2 aliphatic rings. The van der Waals surface area contributed by atoms with E-state index >= 15 is 0 Å². The zero-order valence-corrected chi connectivity index (χ0v) is 22.5. The van der Waals surface area contributed by atoms with E-state index in [2.05, 4.69) is 0 Å². The van der Waals surface area contributed by atoms with Gasteiger partial charge in [-0.2, -0.15) is 18.4 Å². The maximum Gasteiger partial charge on any atom is 0.417 e. The molecule has 2 heterocycles. The van der Waals surface area contributed by atoms with E-state index in [9.17, 15) is 27.9 Å². The summed E-state index contributed by atoms with van der Waals surface area (Å²) in [6.07, 6.45) is 1.37. The maximum atomic E-state index is 13.4. The van der Waals surface area contributed by atoms with Crippen molar-refractivity contribution in [1.82, 2.24) is 9.80 Å². The zero-order valence-electron chi connectivity index (χ0n) is 20.9. The van der Waals surface area contributed by atoms with Crippen LogP contribution in [0.1, 0.15) is 69.9 Å². The van der Waals surface area contributed by atoms with Gasteiger partial charge in [0.2, 0.25) is 0 Å². The van der Waals surface area contributed by atoms with E-state index < -0.39 is 34.7 Å². The van der Waals surface area contributed by atoms with Crippen molar-refractivity contribution < 1.29 is 27.9 Å². The Balaban J connectivity index is 0.00000481. The minimum absolute atomic E-state index is 0. The Kier molecular flexibility index (Phi) is 10.3. The topological polar surface area (TPSA) is 87.9 Å². The highest BCUT2D eigenvalue weighted by Gasteiger charge is 2.49. The van der Waals surface area contributed by atoms with Crippen LogP contribution in [0.4, 0.5) is 18.9 Å². The largest absolute Gasteiger partial charge is 0.480 e. The Labute approximate surface area is 226 Å². The molecule has 37 heavy (non-hydrogen) atoms. The van der Waals surface area contributed by atoms with Crippen molar-refractivity contribution in [2.75, 3.05) is 24.5 Å². The van der Waals surface area contributed by atoms with Crippen molar-refractivity contribution >= 4 is 47.3 Å². The van der Waals surface area contributed by atoms with Gasteiger partial charge in [0.1, 0.15) is 11.6 Å². The highest BCUT2D eigenvalue weighted by atomic mass is 35.5. The van der Waals surface area contributed by atoms with E-state index in [1.54, 1.807) is 24.8 Å². The van der Waals surface area contributed by atoms with Crippen LogP contribution in [0, 0.1) is 11.3 Å². The minimum atomic E-state index is -4.73. The lowest BCUT2D eigenvalue weighted by Gasteiger charge is -2.29. The molecule has 1 unspecified atom stereocenters. The monoisotopic (exact) mass is 560 g/mol. The molecule has 2 aliphatic heterocycles. The van der Waals surface area contributed by atoms with Gasteiger partial charge in [-0.1, -0.05) is 19.3 Å². The summed E-state index contributed by atoms with van der Waals surface area (Å²) in [5, 5.41) is 18.4. The number of carboxylic acids is 1. The molecular weight excluding hydrogens is 529 g/mol. The summed E-state index contributed by atoms with van der Waals surface area (Å²) in [5.74, 6) is -1.17. The third kappa shape index (κ3) is 6.72. The van der Waals surface area contributed by atoms with Gasteiger partial charge in [0.15, 0.2) is 5.11 Å². The van der Waals surface area contributed by atoms with Crippen molar-refractivity contribution in [2.45, 2.75) is 76.6 Å². The summed E-state index contributed by atoms with van der Waals surface area (Å²) in [4.78, 5) is 29.3. The van der Waals surface area contributed by atoms with Gasteiger partial charge in [0.05, 0.1) is 22.9 Å². The van der Waals surface area contributed by atoms with Crippen LogP contribution in [-0.4, -0.2) is 63.1 Å². The number of aliphatic carboxylic acids is 1. The van der Waals surface area contributed by atoms with Gasteiger partial charge in [0.25, 0.3) is 5.91 Å². The second kappa shape index (κ2) is 12.4. The number of carbonyl (C=O) groups is 2. The molecule has 0 aliphatic carbocycles. The lowest BCUT2D eigenvalue weighted by atomic mass is 10.0. The molecule has 0 radical (unpaired) electrons. The van der Waals surface area contributed by atoms with E-state index in [-0.39, 0.29) is 29.2 Å². The molecule has 3 rings (SSSR count). The number of carboxylic acid groups (broad SMARTS) is 1. The average molecular weight is 561 g/mol. The van der Waals surface area contributed by atoms with E-state index in [1.807, 2.05) is 4.90 Å². The molecule has 1 aromatic carbocycles. The van der Waals surface area contributed by atoms with Gasteiger partial charge in [-0.05, 0) is 83.0 Å². The van der Waals surface area contributed by atoms with Crippen molar-refractivity contribution in [1.29, 1.82) is 5.26 Å². The van der Waals surface area contributed by atoms with Gasteiger partial charge in [-0.25, -0.2) is 0 Å². The number of nitrogens with zero attached hydrogens (tertiary/aromatic N) is 4. The van der Waals surface area contributed by atoms with E-state index in [1.165, 1.54) is 6.07 Å². The van der Waals surface area contributed by atoms with Crippen LogP contribution >= 0.6 is 24.6 Å². The normalized spacial score (nSPS) is 19.7. The van der Waals surface area contributed by atoms with Crippen LogP contribution < -0.4 is 4.90 Å². The SMILES string of the molecule is CC1(C)C(=O)N(c2ccc(C#N)c(C(F)(F)F)c2)C(=S)N1CCCCCCCN1CCCC1C(=O)O.Cl. The zero-order chi connectivity index (χ0) is 26.7. The lowest BCUT2D eigenvalue weighted by molar-refractivity contribution is -0.142. The number of hydrogen-bond acceptors (Lipinski definition) is 5. The van der Waals surface area contributed by atoms with Crippen LogP contribution in [0.5, 0.6) is 0 Å². The molecule has 1 aromatic rings. The van der Waals surface area contributed by atoms with Crippen LogP contribution in [0.3, 0.4) is 0 Å². The first-order chi connectivity index (χ1) is 16.9. The molecule has 2 fully saturated rings.